The molecule has 0 fully saturated rings. The summed E-state index contributed by atoms with van der Waals surface area (Å²) in [6, 6.07) is 14.6. The van der Waals surface area contributed by atoms with Crippen molar-refractivity contribution < 1.29 is 4.79 Å². The maximum atomic E-state index is 12.5. The molecule has 0 radical (unpaired) electrons. The number of carbonyl (C=O) groups excluding carboxylic acids is 1. The van der Waals surface area contributed by atoms with Crippen LogP contribution in [0.15, 0.2) is 69.1 Å². The van der Waals surface area contributed by atoms with Crippen LogP contribution in [0.5, 0.6) is 0 Å². The van der Waals surface area contributed by atoms with Crippen molar-refractivity contribution in [2.24, 2.45) is 0 Å². The highest BCUT2D eigenvalue weighted by molar-refractivity contribution is 7.99. The molecule has 0 atom stereocenters. The summed E-state index contributed by atoms with van der Waals surface area (Å²) in [6.07, 6.45) is 0. The third kappa shape index (κ3) is 4.30. The maximum Gasteiger partial charge on any atom is 0.257 e. The summed E-state index contributed by atoms with van der Waals surface area (Å²) in [6.45, 7) is 0. The van der Waals surface area contributed by atoms with Crippen LogP contribution >= 0.6 is 46.3 Å². The molecular formula is C17H11Cl2NOS2. The first-order valence-corrected chi connectivity index (χ1v) is 9.20. The lowest BCUT2D eigenvalue weighted by Crippen LogP contribution is -2.11. The molecular weight excluding hydrogens is 369 g/mol. The van der Waals surface area contributed by atoms with Crippen LogP contribution in [0.3, 0.4) is 0 Å². The van der Waals surface area contributed by atoms with Gasteiger partial charge in [-0.25, -0.2) is 0 Å². The van der Waals surface area contributed by atoms with Gasteiger partial charge in [0.25, 0.3) is 5.91 Å². The summed E-state index contributed by atoms with van der Waals surface area (Å²) in [5.74, 6) is -0.134. The van der Waals surface area contributed by atoms with Gasteiger partial charge < -0.3 is 5.32 Å². The van der Waals surface area contributed by atoms with Gasteiger partial charge in [0.15, 0.2) is 0 Å². The molecule has 0 aliphatic carbocycles. The summed E-state index contributed by atoms with van der Waals surface area (Å²) in [7, 11) is 0. The molecule has 0 bridgehead atoms. The molecule has 3 aromatic rings. The Morgan fingerprint density at radius 2 is 1.52 bits per heavy atom. The number of rotatable bonds is 4. The molecule has 0 saturated heterocycles. The lowest BCUT2D eigenvalue weighted by molar-refractivity contribution is 0.102. The van der Waals surface area contributed by atoms with Crippen LogP contribution in [0.25, 0.3) is 0 Å². The van der Waals surface area contributed by atoms with E-state index in [0.717, 1.165) is 9.79 Å². The van der Waals surface area contributed by atoms with E-state index < -0.39 is 0 Å². The Morgan fingerprint density at radius 1 is 0.913 bits per heavy atom. The Morgan fingerprint density at radius 3 is 2.17 bits per heavy atom. The largest absolute Gasteiger partial charge is 0.322 e. The van der Waals surface area contributed by atoms with E-state index in [1.165, 1.54) is 11.3 Å². The van der Waals surface area contributed by atoms with Crippen LogP contribution in [0.1, 0.15) is 10.4 Å². The van der Waals surface area contributed by atoms with Gasteiger partial charge in [-0.1, -0.05) is 35.0 Å². The number of benzene rings is 2. The molecule has 2 nitrogen and oxygen atoms in total. The van der Waals surface area contributed by atoms with Crippen molar-refractivity contribution in [2.75, 3.05) is 5.32 Å². The van der Waals surface area contributed by atoms with Gasteiger partial charge in [0.1, 0.15) is 0 Å². The fourth-order valence-corrected chi connectivity index (χ4v) is 4.05. The van der Waals surface area contributed by atoms with E-state index in [9.17, 15) is 4.79 Å². The van der Waals surface area contributed by atoms with Crippen molar-refractivity contribution in [1.82, 2.24) is 0 Å². The fourth-order valence-electron chi connectivity index (χ4n) is 1.89. The summed E-state index contributed by atoms with van der Waals surface area (Å²) >= 11 is 14.8. The number of anilines is 1. The standard InChI is InChI=1S/C17H11Cl2NOS2/c18-11-1-5-13(6-2-11)20-17(21)15-9-22-10-16(15)23-14-7-3-12(19)4-8-14/h1-10H,(H,20,21). The van der Waals surface area contributed by atoms with E-state index in [1.54, 1.807) is 36.0 Å². The molecule has 1 amide bonds. The minimum atomic E-state index is -0.134. The van der Waals surface area contributed by atoms with Gasteiger partial charge in [0, 0.05) is 36.3 Å². The molecule has 0 aliphatic heterocycles. The number of thiophene rings is 1. The van der Waals surface area contributed by atoms with Crippen molar-refractivity contribution in [3.63, 3.8) is 0 Å². The van der Waals surface area contributed by atoms with Gasteiger partial charge in [-0.3, -0.25) is 4.79 Å². The number of hydrogen-bond donors (Lipinski definition) is 1. The zero-order valence-corrected chi connectivity index (χ0v) is 14.9. The molecule has 0 aliphatic rings. The highest BCUT2D eigenvalue weighted by Crippen LogP contribution is 2.34. The smallest absolute Gasteiger partial charge is 0.257 e. The molecule has 1 aromatic heterocycles. The molecule has 3 rings (SSSR count). The molecule has 0 spiro atoms. The average Bonchev–Trinajstić information content (AvgIpc) is 3.00. The van der Waals surface area contributed by atoms with E-state index in [2.05, 4.69) is 5.32 Å². The minimum Gasteiger partial charge on any atom is -0.322 e. The van der Waals surface area contributed by atoms with E-state index in [-0.39, 0.29) is 5.91 Å². The Balaban J connectivity index is 1.75. The third-order valence-corrected chi connectivity index (χ3v) is 5.48. The Bertz CT molecular complexity index is 813. The topological polar surface area (TPSA) is 29.1 Å². The van der Waals surface area contributed by atoms with E-state index in [1.807, 2.05) is 35.0 Å². The van der Waals surface area contributed by atoms with Crippen LogP contribution < -0.4 is 5.32 Å². The Labute approximate surface area is 152 Å². The zero-order valence-electron chi connectivity index (χ0n) is 11.8. The normalized spacial score (nSPS) is 10.5. The van der Waals surface area contributed by atoms with Crippen LogP contribution in [-0.4, -0.2) is 5.91 Å². The van der Waals surface area contributed by atoms with Gasteiger partial charge in [0.05, 0.1) is 5.56 Å². The molecule has 23 heavy (non-hydrogen) atoms. The van der Waals surface area contributed by atoms with Gasteiger partial charge in [-0.15, -0.1) is 0 Å². The SMILES string of the molecule is O=C(Nc1ccc(Cl)cc1)c1cscc1Sc1ccc(Cl)cc1. The number of halogens is 2. The summed E-state index contributed by atoms with van der Waals surface area (Å²) in [5.41, 5.74) is 1.37. The highest BCUT2D eigenvalue weighted by Gasteiger charge is 2.14. The third-order valence-electron chi connectivity index (χ3n) is 3.01. The number of carbonyl (C=O) groups is 1. The van der Waals surface area contributed by atoms with E-state index in [4.69, 9.17) is 23.2 Å². The number of nitrogens with one attached hydrogen (secondary N) is 1. The lowest BCUT2D eigenvalue weighted by atomic mass is 10.3. The second-order valence-electron chi connectivity index (χ2n) is 4.67. The van der Waals surface area contributed by atoms with E-state index in [0.29, 0.717) is 21.3 Å². The van der Waals surface area contributed by atoms with Crippen LogP contribution in [-0.2, 0) is 0 Å². The Kier molecular flexibility index (Phi) is 5.28. The van der Waals surface area contributed by atoms with Gasteiger partial charge in [-0.05, 0) is 48.5 Å². The van der Waals surface area contributed by atoms with Crippen molar-refractivity contribution in [3.05, 3.63) is 74.9 Å². The van der Waals surface area contributed by atoms with Crippen LogP contribution in [0.4, 0.5) is 5.69 Å². The summed E-state index contributed by atoms with van der Waals surface area (Å²) < 4.78 is 0. The molecule has 0 unspecified atom stereocenters. The van der Waals surface area contributed by atoms with Crippen molar-refractivity contribution in [3.8, 4) is 0 Å². The first-order valence-electron chi connectivity index (χ1n) is 6.68. The van der Waals surface area contributed by atoms with Gasteiger partial charge in [0.2, 0.25) is 0 Å². The lowest BCUT2D eigenvalue weighted by Gasteiger charge is -2.06. The molecule has 1 N–H and O–H groups in total. The molecule has 6 heteroatoms. The van der Waals surface area contributed by atoms with Crippen LogP contribution in [0.2, 0.25) is 10.0 Å². The predicted molar refractivity (Wildman–Crippen MR) is 99.3 cm³/mol. The quantitative estimate of drug-likeness (QED) is 0.563. The van der Waals surface area contributed by atoms with E-state index >= 15 is 0 Å². The average molecular weight is 380 g/mol. The van der Waals surface area contributed by atoms with Gasteiger partial charge >= 0.3 is 0 Å². The second kappa shape index (κ2) is 7.41. The zero-order chi connectivity index (χ0) is 16.2. The molecule has 0 saturated carbocycles. The monoisotopic (exact) mass is 379 g/mol. The van der Waals surface area contributed by atoms with Crippen molar-refractivity contribution >= 4 is 57.9 Å². The van der Waals surface area contributed by atoms with Crippen molar-refractivity contribution in [2.45, 2.75) is 9.79 Å². The summed E-state index contributed by atoms with van der Waals surface area (Å²) in [4.78, 5) is 14.4. The Hall–Kier alpha value is -1.46. The minimum absolute atomic E-state index is 0.134. The van der Waals surface area contributed by atoms with Crippen molar-refractivity contribution in [1.29, 1.82) is 0 Å². The fraction of sp³-hybridized carbons (Fsp3) is 0. The molecule has 116 valence electrons. The second-order valence-corrected chi connectivity index (χ2v) is 7.40. The highest BCUT2D eigenvalue weighted by atomic mass is 35.5. The number of amides is 1. The number of hydrogen-bond acceptors (Lipinski definition) is 3. The van der Waals surface area contributed by atoms with Crippen LogP contribution in [0, 0.1) is 0 Å². The first-order chi connectivity index (χ1) is 11.1. The molecule has 1 heterocycles. The molecule has 2 aromatic carbocycles. The summed E-state index contributed by atoms with van der Waals surface area (Å²) in [5, 5.41) is 8.03. The van der Waals surface area contributed by atoms with Gasteiger partial charge in [-0.2, -0.15) is 11.3 Å². The first kappa shape index (κ1) is 16.4. The predicted octanol–water partition coefficient (Wildman–Crippen LogP) is 6.46. The maximum absolute atomic E-state index is 12.5.